The summed E-state index contributed by atoms with van der Waals surface area (Å²) in [5.74, 6) is 0. The van der Waals surface area contributed by atoms with Gasteiger partial charge in [-0.15, -0.1) is 0 Å². The number of para-hydroxylation sites is 2. The van der Waals surface area contributed by atoms with E-state index in [0.29, 0.717) is 0 Å². The number of unbranched alkanes of at least 4 members (excludes halogenated alkanes) is 4. The minimum absolute atomic E-state index is 0.162. The molecule has 65 heavy (non-hydrogen) atoms. The van der Waals surface area contributed by atoms with Gasteiger partial charge in [0.05, 0.1) is 5.52 Å². The van der Waals surface area contributed by atoms with Gasteiger partial charge in [0.1, 0.15) is 11.2 Å². The van der Waals surface area contributed by atoms with Crippen molar-refractivity contribution in [2.45, 2.75) is 84.5 Å². The maximum Gasteiger partial charge on any atom is 0.198 e. The summed E-state index contributed by atoms with van der Waals surface area (Å²) in [6, 6.07) is 57.4. The third-order valence-corrected chi connectivity index (χ3v) is 14.9. The van der Waals surface area contributed by atoms with E-state index in [9.17, 15) is 0 Å². The molecular weight excluding hydrogens is 787 g/mol. The predicted octanol–water partition coefficient (Wildman–Crippen LogP) is 15.2. The van der Waals surface area contributed by atoms with E-state index in [4.69, 9.17) is 4.42 Å². The molecule has 0 saturated carbocycles. The van der Waals surface area contributed by atoms with Crippen LogP contribution in [0.15, 0.2) is 156 Å². The molecule has 0 amide bonds. The van der Waals surface area contributed by atoms with Crippen LogP contribution in [0.3, 0.4) is 0 Å². The molecule has 1 N–H and O–H groups in total. The Balaban J connectivity index is 1.14. The molecule has 1 aliphatic carbocycles. The van der Waals surface area contributed by atoms with Crippen LogP contribution in [-0.2, 0) is 18.3 Å². The average Bonchev–Trinajstić information content (AvgIpc) is 3.95. The Morgan fingerprint density at radius 1 is 0.554 bits per heavy atom. The fourth-order valence-electron chi connectivity index (χ4n) is 11.5. The molecule has 1 aliphatic heterocycles. The van der Waals surface area contributed by atoms with Crippen molar-refractivity contribution < 1.29 is 4.42 Å². The van der Waals surface area contributed by atoms with Crippen molar-refractivity contribution in [1.29, 1.82) is 0 Å². The number of fused-ring (bicyclic) bond motifs is 11. The van der Waals surface area contributed by atoms with E-state index in [1.54, 1.807) is 0 Å². The second-order valence-corrected chi connectivity index (χ2v) is 19.3. The number of aryl methyl sites for hydroxylation is 2. The van der Waals surface area contributed by atoms with E-state index >= 15 is 0 Å². The quantitative estimate of drug-likeness (QED) is 0.0981. The maximum absolute atomic E-state index is 6.59. The molecular formula is C61H55BN2O. The summed E-state index contributed by atoms with van der Waals surface area (Å²) in [4.78, 5) is 0. The van der Waals surface area contributed by atoms with Gasteiger partial charge in [0.15, 0.2) is 7.28 Å². The van der Waals surface area contributed by atoms with Crippen LogP contribution in [0.2, 0.25) is 0 Å². The zero-order valence-electron chi connectivity index (χ0n) is 38.2. The first kappa shape index (κ1) is 39.8. The molecule has 0 spiro atoms. The smallest absolute Gasteiger partial charge is 0.198 e. The fraction of sp³-hybridized carbons (Fsp3) is 0.213. The molecule has 4 heteroatoms. The number of benzene rings is 8. The summed E-state index contributed by atoms with van der Waals surface area (Å²) < 4.78 is 9.19. The molecule has 0 atom stereocenters. The van der Waals surface area contributed by atoms with Gasteiger partial charge in [0, 0.05) is 55.1 Å². The highest BCUT2D eigenvalue weighted by Crippen LogP contribution is 2.52. The molecule has 12 rings (SSSR count). The summed E-state index contributed by atoms with van der Waals surface area (Å²) in [6.45, 7) is 9.38. The third kappa shape index (κ3) is 6.47. The molecule has 0 radical (unpaired) electrons. The molecule has 0 bridgehead atoms. The minimum Gasteiger partial charge on any atom is -0.456 e. The van der Waals surface area contributed by atoms with Crippen LogP contribution in [-0.4, -0.2) is 11.8 Å². The normalized spacial score (nSPS) is 13.4. The van der Waals surface area contributed by atoms with Gasteiger partial charge in [-0.2, -0.15) is 0 Å². The van der Waals surface area contributed by atoms with Gasteiger partial charge in [-0.25, -0.2) is 0 Å². The Morgan fingerprint density at radius 3 is 2.11 bits per heavy atom. The van der Waals surface area contributed by atoms with E-state index in [1.165, 1.54) is 127 Å². The lowest BCUT2D eigenvalue weighted by atomic mass is 9.58. The van der Waals surface area contributed by atoms with Crippen molar-refractivity contribution in [3.05, 3.63) is 174 Å². The first-order valence-corrected chi connectivity index (χ1v) is 24.2. The zero-order valence-corrected chi connectivity index (χ0v) is 38.2. The van der Waals surface area contributed by atoms with E-state index in [1.807, 2.05) is 0 Å². The summed E-state index contributed by atoms with van der Waals surface area (Å²) >= 11 is 0. The van der Waals surface area contributed by atoms with E-state index in [-0.39, 0.29) is 5.41 Å². The lowest BCUT2D eigenvalue weighted by Crippen LogP contribution is -2.37. The second kappa shape index (κ2) is 15.7. The first-order chi connectivity index (χ1) is 31.9. The first-order valence-electron chi connectivity index (χ1n) is 24.2. The lowest BCUT2D eigenvalue weighted by Gasteiger charge is -2.27. The van der Waals surface area contributed by atoms with E-state index in [0.717, 1.165) is 59.0 Å². The van der Waals surface area contributed by atoms with Gasteiger partial charge in [-0.3, -0.25) is 0 Å². The van der Waals surface area contributed by atoms with Crippen molar-refractivity contribution >= 4 is 73.3 Å². The Bertz CT molecular complexity index is 3490. The Labute approximate surface area is 383 Å². The van der Waals surface area contributed by atoms with Crippen molar-refractivity contribution in [3.63, 3.8) is 0 Å². The molecule has 2 aliphatic rings. The molecule has 318 valence electrons. The van der Waals surface area contributed by atoms with Crippen LogP contribution in [0.5, 0.6) is 0 Å². The van der Waals surface area contributed by atoms with Crippen LogP contribution >= 0.6 is 0 Å². The van der Waals surface area contributed by atoms with Gasteiger partial charge in [-0.1, -0.05) is 150 Å². The van der Waals surface area contributed by atoms with Crippen molar-refractivity contribution in [2.24, 2.45) is 0 Å². The van der Waals surface area contributed by atoms with E-state index < -0.39 is 0 Å². The summed E-state index contributed by atoms with van der Waals surface area (Å²) in [5, 5.41) is 8.92. The number of furan rings is 1. The summed E-state index contributed by atoms with van der Waals surface area (Å²) in [5.41, 5.74) is 23.7. The van der Waals surface area contributed by atoms with Crippen LogP contribution < -0.4 is 16.2 Å². The van der Waals surface area contributed by atoms with Crippen molar-refractivity contribution in [3.8, 4) is 39.1 Å². The molecule has 8 aromatic carbocycles. The maximum atomic E-state index is 6.59. The third-order valence-electron chi connectivity index (χ3n) is 14.9. The van der Waals surface area contributed by atoms with Gasteiger partial charge < -0.3 is 14.3 Å². The van der Waals surface area contributed by atoms with Crippen molar-refractivity contribution in [1.82, 2.24) is 4.57 Å². The number of hydrogen-bond acceptors (Lipinski definition) is 2. The van der Waals surface area contributed by atoms with Gasteiger partial charge in [-0.05, 0) is 142 Å². The van der Waals surface area contributed by atoms with Gasteiger partial charge >= 0.3 is 0 Å². The highest BCUT2D eigenvalue weighted by atomic mass is 16.3. The number of nitrogens with zero attached hydrogens (tertiary/aromatic N) is 1. The molecule has 0 saturated heterocycles. The molecule has 0 unspecified atom stereocenters. The standard InChI is InChI=1S/C61H55BN2O/c1-5-7-9-17-38-25-29-41(30-26-38)63-53-37-47-42-19-11-14-22-50(42)61(3,4)51(47)36-48(53)49-35-46(40-28-31-44-43-20-13-16-24-56(43)65-57(44)34-40)58-45-21-12-15-23-54(45)64-55-32-27-39(18-10-8-6-2)33-52(55)62-59(49)60(58)64/h11-16,19-37,62-63H,5-10,17-18H2,1-4H3. The van der Waals surface area contributed by atoms with Crippen molar-refractivity contribution in [2.75, 3.05) is 5.32 Å². The monoisotopic (exact) mass is 842 g/mol. The number of nitrogens with one attached hydrogen (secondary N) is 1. The Morgan fingerprint density at radius 2 is 1.28 bits per heavy atom. The van der Waals surface area contributed by atoms with Gasteiger partial charge in [0.25, 0.3) is 0 Å². The lowest BCUT2D eigenvalue weighted by molar-refractivity contribution is 0.660. The number of rotatable bonds is 12. The molecule has 3 nitrogen and oxygen atoms in total. The Hall–Kier alpha value is -6.78. The van der Waals surface area contributed by atoms with Crippen LogP contribution in [0.1, 0.15) is 88.5 Å². The Kier molecular flexibility index (Phi) is 9.63. The molecule has 3 heterocycles. The molecule has 0 fully saturated rings. The number of aromatic nitrogens is 1. The van der Waals surface area contributed by atoms with E-state index in [2.05, 4.69) is 189 Å². The highest BCUT2D eigenvalue weighted by Gasteiger charge is 2.37. The van der Waals surface area contributed by atoms with Crippen LogP contribution in [0.4, 0.5) is 11.4 Å². The second-order valence-electron chi connectivity index (χ2n) is 19.3. The fourth-order valence-corrected chi connectivity index (χ4v) is 11.5. The zero-order chi connectivity index (χ0) is 43.8. The topological polar surface area (TPSA) is 30.1 Å². The van der Waals surface area contributed by atoms with Crippen LogP contribution in [0, 0.1) is 0 Å². The average molecular weight is 843 g/mol. The molecule has 2 aromatic heterocycles. The van der Waals surface area contributed by atoms with Gasteiger partial charge in [0.2, 0.25) is 0 Å². The number of hydrogen-bond donors (Lipinski definition) is 1. The molecule has 10 aromatic rings. The van der Waals surface area contributed by atoms with Crippen LogP contribution in [0.25, 0.3) is 82.8 Å². The summed E-state index contributed by atoms with van der Waals surface area (Å²) in [6.07, 6.45) is 9.65. The predicted molar refractivity (Wildman–Crippen MR) is 279 cm³/mol. The number of anilines is 2. The summed E-state index contributed by atoms with van der Waals surface area (Å²) in [7, 11) is 0.856. The largest absolute Gasteiger partial charge is 0.456 e. The minimum atomic E-state index is -0.162. The highest BCUT2D eigenvalue weighted by molar-refractivity contribution is 6.73. The SMILES string of the molecule is CCCCCc1ccc(Nc2cc3c(cc2-c2cc(-c4ccc5c(c4)oc4ccccc45)c4c5ccccc5n5c4c2Bc2cc(CCCCC)ccc2-5)C(C)(C)c2ccccc2-3)cc1.